The van der Waals surface area contributed by atoms with Crippen molar-refractivity contribution in [1.29, 1.82) is 0 Å². The zero-order valence-electron chi connectivity index (χ0n) is 4.80. The third-order valence-corrected chi connectivity index (χ3v) is 1.50. The van der Waals surface area contributed by atoms with Crippen LogP contribution in [0.2, 0.25) is 0 Å². The quantitative estimate of drug-likeness (QED) is 0.367. The predicted octanol–water partition coefficient (Wildman–Crippen LogP) is -1.33. The normalized spacial score (nSPS) is 39.8. The number of hydrogen-bond donors (Lipinski definition) is 3. The lowest BCUT2D eigenvalue weighted by Crippen LogP contribution is -2.48. The van der Waals surface area contributed by atoms with E-state index in [4.69, 9.17) is 10.8 Å². The number of aliphatic hydroxyl groups is 1. The molecule has 1 aliphatic heterocycles. The van der Waals surface area contributed by atoms with Crippen molar-refractivity contribution >= 4 is 0 Å². The Hall–Kier alpha value is -0.120. The first-order valence-electron chi connectivity index (χ1n) is 2.95. The van der Waals surface area contributed by atoms with E-state index < -0.39 is 0 Å². The van der Waals surface area contributed by atoms with Gasteiger partial charge in [-0.3, -0.25) is 0 Å². The Morgan fingerprint density at radius 3 is 2.75 bits per heavy atom. The van der Waals surface area contributed by atoms with Crippen LogP contribution in [0.3, 0.4) is 0 Å². The van der Waals surface area contributed by atoms with Gasteiger partial charge in [0.15, 0.2) is 0 Å². The van der Waals surface area contributed by atoms with E-state index in [2.05, 4.69) is 5.32 Å². The van der Waals surface area contributed by atoms with E-state index in [0.717, 1.165) is 13.0 Å². The topological polar surface area (TPSA) is 58.3 Å². The summed E-state index contributed by atoms with van der Waals surface area (Å²) in [5, 5.41) is 12.0. The van der Waals surface area contributed by atoms with Gasteiger partial charge in [-0.25, -0.2) is 0 Å². The van der Waals surface area contributed by atoms with Crippen LogP contribution in [0.15, 0.2) is 0 Å². The Balaban J connectivity index is 2.28. The molecule has 8 heavy (non-hydrogen) atoms. The molecule has 0 aromatic carbocycles. The molecule has 1 fully saturated rings. The van der Waals surface area contributed by atoms with Crippen molar-refractivity contribution in [2.24, 2.45) is 5.73 Å². The highest BCUT2D eigenvalue weighted by atomic mass is 16.3. The lowest BCUT2D eigenvalue weighted by atomic mass is 10.1. The first-order chi connectivity index (χ1) is 3.80. The maximum atomic E-state index is 8.99. The molecule has 0 radical (unpaired) electrons. The molecule has 0 aliphatic carbocycles. The molecule has 1 saturated heterocycles. The smallest absolute Gasteiger partial charge is 0.0815 e. The molecule has 3 nitrogen and oxygen atoms in total. The molecule has 0 unspecified atom stereocenters. The Labute approximate surface area is 48.9 Å². The van der Waals surface area contributed by atoms with Gasteiger partial charge in [0.05, 0.1) is 6.10 Å². The molecule has 0 saturated carbocycles. The Morgan fingerprint density at radius 1 is 1.62 bits per heavy atom. The molecule has 1 heterocycles. The number of aliphatic hydroxyl groups excluding tert-OH is 1. The van der Waals surface area contributed by atoms with Crippen LogP contribution in [-0.4, -0.2) is 30.3 Å². The van der Waals surface area contributed by atoms with Crippen molar-refractivity contribution in [2.75, 3.05) is 13.1 Å². The van der Waals surface area contributed by atoms with E-state index in [0.29, 0.717) is 6.54 Å². The molecule has 1 aliphatic rings. The average molecular weight is 116 g/mol. The number of rotatable bonds is 0. The highest BCUT2D eigenvalue weighted by Crippen LogP contribution is 1.98. The SMILES string of the molecule is N[C@H]1CCNC[C@@H]1O. The molecule has 0 aromatic rings. The summed E-state index contributed by atoms with van der Waals surface area (Å²) in [6.45, 7) is 1.60. The monoisotopic (exact) mass is 116 g/mol. The van der Waals surface area contributed by atoms with Gasteiger partial charge in [0.25, 0.3) is 0 Å². The second kappa shape index (κ2) is 2.44. The number of β-amino-alcohol motifs (C(OH)–C–C–N with tert-alkyl or cyclic N) is 1. The van der Waals surface area contributed by atoms with E-state index in [1.807, 2.05) is 0 Å². The van der Waals surface area contributed by atoms with Crippen molar-refractivity contribution in [2.45, 2.75) is 18.6 Å². The number of hydrogen-bond acceptors (Lipinski definition) is 3. The summed E-state index contributed by atoms with van der Waals surface area (Å²) in [6, 6.07) is -0.00347. The van der Waals surface area contributed by atoms with Crippen LogP contribution < -0.4 is 11.1 Å². The van der Waals surface area contributed by atoms with Crippen molar-refractivity contribution < 1.29 is 5.11 Å². The molecule has 4 N–H and O–H groups in total. The van der Waals surface area contributed by atoms with Crippen LogP contribution in [0, 0.1) is 0 Å². The Bertz CT molecular complexity index is 66.8. The van der Waals surface area contributed by atoms with Crippen molar-refractivity contribution in [3.05, 3.63) is 0 Å². The van der Waals surface area contributed by atoms with Crippen molar-refractivity contribution in [3.8, 4) is 0 Å². The van der Waals surface area contributed by atoms with Gasteiger partial charge in [-0.1, -0.05) is 0 Å². The van der Waals surface area contributed by atoms with Crippen LogP contribution in [0.1, 0.15) is 6.42 Å². The highest BCUT2D eigenvalue weighted by Gasteiger charge is 2.17. The molecular formula is C5H12N2O. The summed E-state index contributed by atoms with van der Waals surface area (Å²) in [6.07, 6.45) is 0.560. The molecule has 0 bridgehead atoms. The molecule has 0 amide bonds. The highest BCUT2D eigenvalue weighted by molar-refractivity contribution is 4.79. The molecule has 1 rings (SSSR count). The zero-order chi connectivity index (χ0) is 5.98. The predicted molar refractivity (Wildman–Crippen MR) is 31.5 cm³/mol. The molecular weight excluding hydrogens is 104 g/mol. The van der Waals surface area contributed by atoms with Gasteiger partial charge in [0.2, 0.25) is 0 Å². The molecule has 0 spiro atoms. The van der Waals surface area contributed by atoms with E-state index >= 15 is 0 Å². The second-order valence-corrected chi connectivity index (χ2v) is 2.22. The fourth-order valence-corrected chi connectivity index (χ4v) is 0.862. The van der Waals surface area contributed by atoms with Gasteiger partial charge in [-0.05, 0) is 13.0 Å². The third-order valence-electron chi connectivity index (χ3n) is 1.50. The van der Waals surface area contributed by atoms with Gasteiger partial charge >= 0.3 is 0 Å². The van der Waals surface area contributed by atoms with Gasteiger partial charge in [0, 0.05) is 12.6 Å². The molecule has 3 heteroatoms. The van der Waals surface area contributed by atoms with Crippen molar-refractivity contribution in [3.63, 3.8) is 0 Å². The van der Waals surface area contributed by atoms with Gasteiger partial charge in [-0.15, -0.1) is 0 Å². The molecule has 2 atom stereocenters. The van der Waals surface area contributed by atoms with E-state index in [1.165, 1.54) is 0 Å². The van der Waals surface area contributed by atoms with Crippen LogP contribution in [-0.2, 0) is 0 Å². The minimum Gasteiger partial charge on any atom is -0.390 e. The summed E-state index contributed by atoms with van der Waals surface area (Å²) >= 11 is 0. The van der Waals surface area contributed by atoms with Crippen LogP contribution in [0.4, 0.5) is 0 Å². The lowest BCUT2D eigenvalue weighted by Gasteiger charge is -2.24. The van der Waals surface area contributed by atoms with E-state index in [1.54, 1.807) is 0 Å². The number of nitrogens with two attached hydrogens (primary N) is 1. The fraction of sp³-hybridized carbons (Fsp3) is 1.00. The summed E-state index contributed by atoms with van der Waals surface area (Å²) in [5.74, 6) is 0. The fourth-order valence-electron chi connectivity index (χ4n) is 0.862. The first kappa shape index (κ1) is 6.01. The maximum absolute atomic E-state index is 8.99. The summed E-state index contributed by atoms with van der Waals surface area (Å²) < 4.78 is 0. The minimum atomic E-state index is -0.330. The van der Waals surface area contributed by atoms with Gasteiger partial charge < -0.3 is 16.2 Å². The largest absolute Gasteiger partial charge is 0.390 e. The molecule has 0 aromatic heterocycles. The van der Waals surface area contributed by atoms with Gasteiger partial charge in [-0.2, -0.15) is 0 Å². The Morgan fingerprint density at radius 2 is 2.38 bits per heavy atom. The minimum absolute atomic E-state index is 0.00347. The first-order valence-corrected chi connectivity index (χ1v) is 2.95. The summed E-state index contributed by atoms with van der Waals surface area (Å²) in [4.78, 5) is 0. The summed E-state index contributed by atoms with van der Waals surface area (Å²) in [5.41, 5.74) is 5.49. The van der Waals surface area contributed by atoms with Crippen LogP contribution >= 0.6 is 0 Å². The second-order valence-electron chi connectivity index (χ2n) is 2.22. The number of nitrogens with one attached hydrogen (secondary N) is 1. The average Bonchev–Trinajstić information content (AvgIpc) is 1.77. The van der Waals surface area contributed by atoms with Crippen LogP contribution in [0.25, 0.3) is 0 Å². The third kappa shape index (κ3) is 1.18. The lowest BCUT2D eigenvalue weighted by molar-refractivity contribution is 0.120. The van der Waals surface area contributed by atoms with Gasteiger partial charge in [0.1, 0.15) is 0 Å². The standard InChI is InChI=1S/C5H12N2O/c6-4-1-2-7-3-5(4)8/h4-5,7-8H,1-3,6H2/t4-,5-/m0/s1. The van der Waals surface area contributed by atoms with E-state index in [9.17, 15) is 0 Å². The Kier molecular flexibility index (Phi) is 1.83. The van der Waals surface area contributed by atoms with Crippen LogP contribution in [0.5, 0.6) is 0 Å². The number of piperidine rings is 1. The summed E-state index contributed by atoms with van der Waals surface area (Å²) in [7, 11) is 0. The maximum Gasteiger partial charge on any atom is 0.0815 e. The van der Waals surface area contributed by atoms with Crippen molar-refractivity contribution in [1.82, 2.24) is 5.32 Å². The van der Waals surface area contributed by atoms with E-state index in [-0.39, 0.29) is 12.1 Å². The zero-order valence-corrected chi connectivity index (χ0v) is 4.80. The molecule has 48 valence electrons.